The molecule has 3 aromatic rings. The van der Waals surface area contributed by atoms with Gasteiger partial charge in [-0.05, 0) is 72.9 Å². The minimum Gasteiger partial charge on any atom is -0.457 e. The normalized spacial score (nSPS) is 10.8. The molecule has 28 heavy (non-hydrogen) atoms. The molecule has 0 spiro atoms. The number of benzene rings is 2. The van der Waals surface area contributed by atoms with E-state index in [1.54, 1.807) is 36.4 Å². The van der Waals surface area contributed by atoms with Crippen LogP contribution >= 0.6 is 51.3 Å². The van der Waals surface area contributed by atoms with Gasteiger partial charge in [-0.25, -0.2) is 0 Å². The standard InChI is InChI=1S/C20H13BrCl2N2O2S/c21-13-3-8-17(16(23)11-13)24-20(28)25-19(26)10-7-15-6-9-18(27-15)12-1-4-14(22)5-2-12/h1-11H,(H2,24,25,26,28)/b10-7+. The van der Waals surface area contributed by atoms with Crippen LogP contribution in [0, 0.1) is 0 Å². The molecule has 1 amide bonds. The smallest absolute Gasteiger partial charge is 0.250 e. The van der Waals surface area contributed by atoms with Gasteiger partial charge in [-0.15, -0.1) is 0 Å². The van der Waals surface area contributed by atoms with Gasteiger partial charge in [-0.2, -0.15) is 0 Å². The fourth-order valence-corrected chi connectivity index (χ4v) is 3.32. The fraction of sp³-hybridized carbons (Fsp3) is 0. The number of nitrogens with one attached hydrogen (secondary N) is 2. The summed E-state index contributed by atoms with van der Waals surface area (Å²) < 4.78 is 6.55. The number of hydrogen-bond acceptors (Lipinski definition) is 3. The molecular weight excluding hydrogens is 483 g/mol. The molecule has 0 atom stereocenters. The first-order chi connectivity index (χ1) is 13.4. The van der Waals surface area contributed by atoms with Gasteiger partial charge in [-0.1, -0.05) is 39.1 Å². The summed E-state index contributed by atoms with van der Waals surface area (Å²) in [5, 5.41) is 6.70. The second-order valence-corrected chi connectivity index (χ2v) is 7.78. The number of anilines is 1. The number of hydrogen-bond donors (Lipinski definition) is 2. The van der Waals surface area contributed by atoms with Crippen LogP contribution in [0.3, 0.4) is 0 Å². The number of halogens is 3. The van der Waals surface area contributed by atoms with Crippen molar-refractivity contribution in [3.63, 3.8) is 0 Å². The predicted molar refractivity (Wildman–Crippen MR) is 122 cm³/mol. The first-order valence-electron chi connectivity index (χ1n) is 8.01. The van der Waals surface area contributed by atoms with Crippen LogP contribution in [0.25, 0.3) is 17.4 Å². The molecule has 1 heterocycles. The van der Waals surface area contributed by atoms with Crippen molar-refractivity contribution in [2.24, 2.45) is 0 Å². The Morgan fingerprint density at radius 2 is 1.82 bits per heavy atom. The van der Waals surface area contributed by atoms with E-state index < -0.39 is 5.91 Å². The van der Waals surface area contributed by atoms with Crippen LogP contribution in [0.4, 0.5) is 5.69 Å². The summed E-state index contributed by atoms with van der Waals surface area (Å²) in [4.78, 5) is 12.0. The molecule has 1 aromatic heterocycles. The van der Waals surface area contributed by atoms with E-state index in [0.29, 0.717) is 27.3 Å². The van der Waals surface area contributed by atoms with Crippen LogP contribution in [0.2, 0.25) is 10.0 Å². The van der Waals surface area contributed by atoms with Gasteiger partial charge in [-0.3, -0.25) is 10.1 Å². The number of carbonyl (C=O) groups is 1. The molecule has 0 saturated heterocycles. The molecule has 0 unspecified atom stereocenters. The molecule has 4 nitrogen and oxygen atoms in total. The number of amides is 1. The van der Waals surface area contributed by atoms with Gasteiger partial charge < -0.3 is 9.73 Å². The lowest BCUT2D eigenvalue weighted by Crippen LogP contribution is -2.32. The Bertz CT molecular complexity index is 1050. The second kappa shape index (κ2) is 9.39. The highest BCUT2D eigenvalue weighted by molar-refractivity contribution is 9.10. The van der Waals surface area contributed by atoms with Crippen LogP contribution in [0.5, 0.6) is 0 Å². The summed E-state index contributed by atoms with van der Waals surface area (Å²) in [6, 6.07) is 16.2. The van der Waals surface area contributed by atoms with E-state index in [1.807, 2.05) is 24.3 Å². The van der Waals surface area contributed by atoms with Gasteiger partial charge in [0.1, 0.15) is 11.5 Å². The van der Waals surface area contributed by atoms with Gasteiger partial charge in [0.2, 0.25) is 5.91 Å². The maximum absolute atomic E-state index is 12.0. The van der Waals surface area contributed by atoms with E-state index in [-0.39, 0.29) is 5.11 Å². The van der Waals surface area contributed by atoms with Crippen molar-refractivity contribution < 1.29 is 9.21 Å². The van der Waals surface area contributed by atoms with E-state index in [1.165, 1.54) is 6.08 Å². The molecule has 0 aliphatic rings. The van der Waals surface area contributed by atoms with Crippen molar-refractivity contribution in [3.05, 3.63) is 81.0 Å². The van der Waals surface area contributed by atoms with Crippen molar-refractivity contribution in [1.29, 1.82) is 0 Å². The van der Waals surface area contributed by atoms with Gasteiger partial charge >= 0.3 is 0 Å². The highest BCUT2D eigenvalue weighted by Crippen LogP contribution is 2.26. The fourth-order valence-electron chi connectivity index (χ4n) is 2.27. The molecule has 0 aliphatic carbocycles. The predicted octanol–water partition coefficient (Wildman–Crippen LogP) is 6.54. The average Bonchev–Trinajstić information content (AvgIpc) is 3.12. The maximum Gasteiger partial charge on any atom is 0.250 e. The summed E-state index contributed by atoms with van der Waals surface area (Å²) in [6.07, 6.45) is 2.89. The van der Waals surface area contributed by atoms with Crippen molar-refractivity contribution in [3.8, 4) is 11.3 Å². The Hall–Kier alpha value is -2.12. The third-order valence-electron chi connectivity index (χ3n) is 3.57. The van der Waals surface area contributed by atoms with Crippen molar-refractivity contribution in [1.82, 2.24) is 5.32 Å². The van der Waals surface area contributed by atoms with Gasteiger partial charge in [0, 0.05) is 21.1 Å². The van der Waals surface area contributed by atoms with E-state index in [2.05, 4.69) is 26.6 Å². The minimum absolute atomic E-state index is 0.139. The summed E-state index contributed by atoms with van der Waals surface area (Å²) in [5.41, 5.74) is 1.49. The third-order valence-corrected chi connectivity index (χ3v) is 4.83. The van der Waals surface area contributed by atoms with Crippen molar-refractivity contribution >= 4 is 74.1 Å². The van der Waals surface area contributed by atoms with Crippen LogP contribution in [0.15, 0.2) is 69.6 Å². The zero-order valence-electron chi connectivity index (χ0n) is 14.2. The quantitative estimate of drug-likeness (QED) is 0.318. The number of thiocarbonyl (C=S) groups is 1. The highest BCUT2D eigenvalue weighted by Gasteiger charge is 2.07. The maximum atomic E-state index is 12.0. The molecule has 3 rings (SSSR count). The molecule has 0 radical (unpaired) electrons. The summed E-state index contributed by atoms with van der Waals surface area (Å²) >= 11 is 20.5. The molecule has 142 valence electrons. The lowest BCUT2D eigenvalue weighted by atomic mass is 10.2. The molecule has 0 bridgehead atoms. The Kier molecular flexibility index (Phi) is 6.91. The Labute approximate surface area is 185 Å². The van der Waals surface area contributed by atoms with Gasteiger partial charge in [0.05, 0.1) is 10.7 Å². The highest BCUT2D eigenvalue weighted by atomic mass is 79.9. The summed E-state index contributed by atoms with van der Waals surface area (Å²) in [5.74, 6) is 0.823. The average molecular weight is 496 g/mol. The van der Waals surface area contributed by atoms with E-state index in [9.17, 15) is 4.79 Å². The SMILES string of the molecule is O=C(/C=C/c1ccc(-c2ccc(Cl)cc2)o1)NC(=S)Nc1ccc(Br)cc1Cl. The van der Waals surface area contributed by atoms with Crippen molar-refractivity contribution in [2.75, 3.05) is 5.32 Å². The largest absolute Gasteiger partial charge is 0.457 e. The Balaban J connectivity index is 1.57. The zero-order valence-corrected chi connectivity index (χ0v) is 18.1. The van der Waals surface area contributed by atoms with E-state index in [0.717, 1.165) is 10.0 Å². The van der Waals surface area contributed by atoms with E-state index >= 15 is 0 Å². The van der Waals surface area contributed by atoms with Gasteiger partial charge in [0.25, 0.3) is 0 Å². The van der Waals surface area contributed by atoms with E-state index in [4.69, 9.17) is 39.8 Å². The lowest BCUT2D eigenvalue weighted by Gasteiger charge is -2.09. The number of carbonyl (C=O) groups excluding carboxylic acids is 1. The van der Waals surface area contributed by atoms with Gasteiger partial charge in [0.15, 0.2) is 5.11 Å². The van der Waals surface area contributed by atoms with Crippen LogP contribution in [-0.4, -0.2) is 11.0 Å². The summed E-state index contributed by atoms with van der Waals surface area (Å²) in [6.45, 7) is 0. The van der Waals surface area contributed by atoms with Crippen LogP contribution < -0.4 is 10.6 Å². The second-order valence-electron chi connectivity index (χ2n) is 5.61. The van der Waals surface area contributed by atoms with Crippen LogP contribution in [0.1, 0.15) is 5.76 Å². The zero-order chi connectivity index (χ0) is 20.1. The number of rotatable bonds is 4. The Morgan fingerprint density at radius 1 is 1.07 bits per heavy atom. The van der Waals surface area contributed by atoms with Crippen LogP contribution in [-0.2, 0) is 4.79 Å². The van der Waals surface area contributed by atoms with Crippen molar-refractivity contribution in [2.45, 2.75) is 0 Å². The molecule has 2 aromatic carbocycles. The minimum atomic E-state index is -0.393. The molecule has 2 N–H and O–H groups in total. The first-order valence-corrected chi connectivity index (χ1v) is 9.97. The molecule has 8 heteroatoms. The third kappa shape index (κ3) is 5.69. The molecular formula is C20H13BrCl2N2O2S. The number of furan rings is 1. The first kappa shape index (κ1) is 20.6. The molecule has 0 aliphatic heterocycles. The molecule has 0 fully saturated rings. The lowest BCUT2D eigenvalue weighted by molar-refractivity contribution is -0.115. The Morgan fingerprint density at radius 3 is 2.54 bits per heavy atom. The summed E-state index contributed by atoms with van der Waals surface area (Å²) in [7, 11) is 0. The topological polar surface area (TPSA) is 54.3 Å². The monoisotopic (exact) mass is 494 g/mol. The molecule has 0 saturated carbocycles.